The third-order valence-corrected chi connectivity index (χ3v) is 3.61. The molecule has 0 bridgehead atoms. The molecule has 2 aromatic rings. The smallest absolute Gasteiger partial charge is 0.407 e. The van der Waals surface area contributed by atoms with Gasteiger partial charge in [-0.3, -0.25) is 4.79 Å². The van der Waals surface area contributed by atoms with E-state index in [4.69, 9.17) is 15.2 Å². The second-order valence-electron chi connectivity index (χ2n) is 7.15. The summed E-state index contributed by atoms with van der Waals surface area (Å²) in [6.07, 6.45) is -1.69. The van der Waals surface area contributed by atoms with E-state index in [1.165, 1.54) is 0 Å². The molecule has 0 aliphatic heterocycles. The predicted octanol–water partition coefficient (Wildman–Crippen LogP) is 3.09. The van der Waals surface area contributed by atoms with Crippen molar-refractivity contribution in [3.63, 3.8) is 0 Å². The zero-order valence-corrected chi connectivity index (χ0v) is 16.1. The van der Waals surface area contributed by atoms with Gasteiger partial charge in [-0.2, -0.15) is 0 Å². The Morgan fingerprint density at radius 1 is 1.00 bits per heavy atom. The number of hydrogen-bond donors (Lipinski definition) is 2. The Labute approximate surface area is 163 Å². The second-order valence-corrected chi connectivity index (χ2v) is 7.15. The van der Waals surface area contributed by atoms with Gasteiger partial charge in [0, 0.05) is 12.1 Å². The minimum atomic E-state index is -1.16. The summed E-state index contributed by atoms with van der Waals surface area (Å²) in [5.41, 5.74) is 6.33. The maximum absolute atomic E-state index is 12.3. The van der Waals surface area contributed by atoms with Crippen molar-refractivity contribution >= 4 is 18.0 Å². The standard InChI is InChI=1S/C21H24N2O5/c1-21(2,3)28-20(26)23-13-14-9-11-16(12-10-14)19(25)27-17(18(22)24)15-7-5-4-6-8-15/h4-12,17H,13H2,1-3H3,(H2,22,24)(H,23,26)/t17-/m0/s1. The van der Waals surface area contributed by atoms with Gasteiger partial charge in [0.25, 0.3) is 5.91 Å². The molecule has 0 heterocycles. The van der Waals surface area contributed by atoms with Gasteiger partial charge >= 0.3 is 12.1 Å². The molecule has 2 aromatic carbocycles. The van der Waals surface area contributed by atoms with Crippen LogP contribution in [-0.2, 0) is 20.8 Å². The normalized spacial score (nSPS) is 12.0. The molecular weight excluding hydrogens is 360 g/mol. The number of benzene rings is 2. The molecule has 0 aromatic heterocycles. The lowest BCUT2D eigenvalue weighted by Crippen LogP contribution is -2.32. The first-order valence-corrected chi connectivity index (χ1v) is 8.77. The van der Waals surface area contributed by atoms with Gasteiger partial charge < -0.3 is 20.5 Å². The van der Waals surface area contributed by atoms with Crippen molar-refractivity contribution in [2.45, 2.75) is 39.0 Å². The molecule has 7 heteroatoms. The van der Waals surface area contributed by atoms with Crippen LogP contribution in [0.3, 0.4) is 0 Å². The van der Waals surface area contributed by atoms with Crippen LogP contribution in [-0.4, -0.2) is 23.6 Å². The first kappa shape index (κ1) is 21.0. The van der Waals surface area contributed by atoms with Crippen LogP contribution < -0.4 is 11.1 Å². The molecule has 0 aliphatic rings. The molecule has 7 nitrogen and oxygen atoms in total. The monoisotopic (exact) mass is 384 g/mol. The molecule has 1 atom stereocenters. The van der Waals surface area contributed by atoms with E-state index in [1.807, 2.05) is 0 Å². The Morgan fingerprint density at radius 2 is 1.61 bits per heavy atom. The van der Waals surface area contributed by atoms with E-state index in [0.29, 0.717) is 5.56 Å². The van der Waals surface area contributed by atoms with Crippen LogP contribution in [0.15, 0.2) is 54.6 Å². The SMILES string of the molecule is CC(C)(C)OC(=O)NCc1ccc(C(=O)O[C@H](C(N)=O)c2ccccc2)cc1. The lowest BCUT2D eigenvalue weighted by Gasteiger charge is -2.19. The van der Waals surface area contributed by atoms with Crippen LogP contribution in [0, 0.1) is 0 Å². The third-order valence-electron chi connectivity index (χ3n) is 3.61. The lowest BCUT2D eigenvalue weighted by molar-refractivity contribution is -0.127. The van der Waals surface area contributed by atoms with E-state index in [9.17, 15) is 14.4 Å². The zero-order valence-electron chi connectivity index (χ0n) is 16.1. The summed E-state index contributed by atoms with van der Waals surface area (Å²) in [5, 5.41) is 2.63. The van der Waals surface area contributed by atoms with E-state index < -0.39 is 29.7 Å². The van der Waals surface area contributed by atoms with Gasteiger partial charge in [-0.1, -0.05) is 42.5 Å². The van der Waals surface area contributed by atoms with E-state index >= 15 is 0 Å². The molecular formula is C21H24N2O5. The number of alkyl carbamates (subject to hydrolysis) is 1. The van der Waals surface area contributed by atoms with Crippen LogP contribution in [0.2, 0.25) is 0 Å². The number of nitrogens with one attached hydrogen (secondary N) is 1. The van der Waals surface area contributed by atoms with E-state index in [1.54, 1.807) is 75.4 Å². The molecule has 0 saturated carbocycles. The molecule has 2 rings (SSSR count). The molecule has 0 unspecified atom stereocenters. The van der Waals surface area contributed by atoms with Crippen molar-refractivity contribution in [2.75, 3.05) is 0 Å². The predicted molar refractivity (Wildman–Crippen MR) is 103 cm³/mol. The van der Waals surface area contributed by atoms with Crippen LogP contribution in [0.4, 0.5) is 4.79 Å². The summed E-state index contributed by atoms with van der Waals surface area (Å²) in [7, 11) is 0. The maximum atomic E-state index is 12.3. The van der Waals surface area contributed by atoms with Crippen molar-refractivity contribution < 1.29 is 23.9 Å². The molecule has 0 saturated heterocycles. The first-order valence-electron chi connectivity index (χ1n) is 8.77. The highest BCUT2D eigenvalue weighted by Crippen LogP contribution is 2.19. The highest BCUT2D eigenvalue weighted by molar-refractivity contribution is 5.92. The van der Waals surface area contributed by atoms with E-state index in [-0.39, 0.29) is 12.1 Å². The summed E-state index contributed by atoms with van der Waals surface area (Å²) >= 11 is 0. The van der Waals surface area contributed by atoms with E-state index in [0.717, 1.165) is 5.56 Å². The number of carbonyl (C=O) groups excluding carboxylic acids is 3. The number of nitrogens with two attached hydrogens (primary N) is 1. The zero-order chi connectivity index (χ0) is 20.7. The minimum absolute atomic E-state index is 0.248. The van der Waals surface area contributed by atoms with Crippen molar-refractivity contribution in [3.8, 4) is 0 Å². The molecule has 0 spiro atoms. The van der Waals surface area contributed by atoms with Crippen molar-refractivity contribution in [3.05, 3.63) is 71.3 Å². The summed E-state index contributed by atoms with van der Waals surface area (Å²) in [6.45, 7) is 5.59. The Kier molecular flexibility index (Phi) is 6.76. The summed E-state index contributed by atoms with van der Waals surface area (Å²) < 4.78 is 10.4. The minimum Gasteiger partial charge on any atom is -0.444 e. The van der Waals surface area contributed by atoms with Crippen LogP contribution in [0.5, 0.6) is 0 Å². The van der Waals surface area contributed by atoms with Crippen molar-refractivity contribution in [1.82, 2.24) is 5.32 Å². The highest BCUT2D eigenvalue weighted by atomic mass is 16.6. The Morgan fingerprint density at radius 3 is 2.14 bits per heavy atom. The lowest BCUT2D eigenvalue weighted by atomic mass is 10.1. The van der Waals surface area contributed by atoms with Gasteiger partial charge in [0.1, 0.15) is 5.60 Å². The third kappa shape index (κ3) is 6.42. The average molecular weight is 384 g/mol. The summed E-state index contributed by atoms with van der Waals surface area (Å²) in [6, 6.07) is 15.0. The molecule has 28 heavy (non-hydrogen) atoms. The van der Waals surface area contributed by atoms with Crippen LogP contribution in [0.25, 0.3) is 0 Å². The number of esters is 1. The average Bonchev–Trinajstić information content (AvgIpc) is 2.63. The number of carbonyl (C=O) groups is 3. The Balaban J connectivity index is 1.97. The molecule has 148 valence electrons. The van der Waals surface area contributed by atoms with Crippen molar-refractivity contribution in [1.29, 1.82) is 0 Å². The van der Waals surface area contributed by atoms with E-state index in [2.05, 4.69) is 5.32 Å². The quantitative estimate of drug-likeness (QED) is 0.744. The second kappa shape index (κ2) is 9.03. The fourth-order valence-corrected chi connectivity index (χ4v) is 2.34. The van der Waals surface area contributed by atoms with Gasteiger partial charge in [-0.15, -0.1) is 0 Å². The van der Waals surface area contributed by atoms with Crippen LogP contribution >= 0.6 is 0 Å². The molecule has 2 amide bonds. The number of primary amides is 1. The van der Waals surface area contributed by atoms with Gasteiger partial charge in [-0.25, -0.2) is 9.59 Å². The molecule has 0 fully saturated rings. The Hall–Kier alpha value is -3.35. The number of rotatable bonds is 6. The van der Waals surface area contributed by atoms with Gasteiger partial charge in [0.15, 0.2) is 0 Å². The molecule has 3 N–H and O–H groups in total. The highest BCUT2D eigenvalue weighted by Gasteiger charge is 2.23. The van der Waals surface area contributed by atoms with Crippen LogP contribution in [0.1, 0.15) is 48.4 Å². The molecule has 0 aliphatic carbocycles. The number of amides is 2. The topological polar surface area (TPSA) is 108 Å². The summed E-state index contributed by atoms with van der Waals surface area (Å²) in [5.74, 6) is -1.42. The van der Waals surface area contributed by atoms with Gasteiger partial charge in [-0.05, 0) is 38.5 Å². The number of ether oxygens (including phenoxy) is 2. The van der Waals surface area contributed by atoms with Gasteiger partial charge in [0.2, 0.25) is 6.10 Å². The number of hydrogen-bond acceptors (Lipinski definition) is 5. The fourth-order valence-electron chi connectivity index (χ4n) is 2.34. The largest absolute Gasteiger partial charge is 0.444 e. The first-order chi connectivity index (χ1) is 13.2. The maximum Gasteiger partial charge on any atom is 0.407 e. The van der Waals surface area contributed by atoms with Crippen molar-refractivity contribution in [2.24, 2.45) is 5.73 Å². The van der Waals surface area contributed by atoms with Gasteiger partial charge in [0.05, 0.1) is 5.56 Å². The fraction of sp³-hybridized carbons (Fsp3) is 0.286. The molecule has 0 radical (unpaired) electrons. The Bertz CT molecular complexity index is 826. The summed E-state index contributed by atoms with van der Waals surface area (Å²) in [4.78, 5) is 35.7.